The SMILES string of the molecule is CCNc1nc(Cc2cc(F)cc(F)c2)ncc1I. The molecular weight excluding hydrogens is 363 g/mol. The van der Waals surface area contributed by atoms with Crippen LogP contribution in [-0.2, 0) is 6.42 Å². The zero-order valence-corrected chi connectivity index (χ0v) is 12.4. The van der Waals surface area contributed by atoms with Gasteiger partial charge in [0, 0.05) is 25.2 Å². The van der Waals surface area contributed by atoms with E-state index in [0.29, 0.717) is 17.8 Å². The summed E-state index contributed by atoms with van der Waals surface area (Å²) in [6.07, 6.45) is 1.99. The first kappa shape index (κ1) is 14.1. The summed E-state index contributed by atoms with van der Waals surface area (Å²) >= 11 is 2.13. The Labute approximate surface area is 123 Å². The Morgan fingerprint density at radius 3 is 2.53 bits per heavy atom. The number of aromatic nitrogens is 2. The summed E-state index contributed by atoms with van der Waals surface area (Å²) in [7, 11) is 0. The van der Waals surface area contributed by atoms with Crippen molar-refractivity contribution in [1.29, 1.82) is 0 Å². The molecule has 1 heterocycles. The molecule has 0 atom stereocenters. The minimum Gasteiger partial charge on any atom is -0.369 e. The Hall–Kier alpha value is -1.31. The molecule has 0 spiro atoms. The van der Waals surface area contributed by atoms with Crippen LogP contribution in [0.5, 0.6) is 0 Å². The zero-order valence-electron chi connectivity index (χ0n) is 10.3. The van der Waals surface area contributed by atoms with Gasteiger partial charge in [-0.05, 0) is 47.2 Å². The first-order valence-corrected chi connectivity index (χ1v) is 6.86. The van der Waals surface area contributed by atoms with Crippen molar-refractivity contribution in [2.75, 3.05) is 11.9 Å². The first-order chi connectivity index (χ1) is 9.08. The predicted octanol–water partition coefficient (Wildman–Crippen LogP) is 3.38. The number of nitrogens with zero attached hydrogens (tertiary/aromatic N) is 2. The van der Waals surface area contributed by atoms with Crippen LogP contribution in [0, 0.1) is 15.2 Å². The predicted molar refractivity (Wildman–Crippen MR) is 78.1 cm³/mol. The number of anilines is 1. The Morgan fingerprint density at radius 1 is 1.21 bits per heavy atom. The van der Waals surface area contributed by atoms with E-state index in [0.717, 1.165) is 22.0 Å². The molecule has 0 aliphatic heterocycles. The maximum atomic E-state index is 13.1. The molecule has 0 bridgehead atoms. The Kier molecular flexibility index (Phi) is 4.62. The minimum absolute atomic E-state index is 0.296. The number of halogens is 3. The van der Waals surface area contributed by atoms with Gasteiger partial charge in [-0.1, -0.05) is 0 Å². The highest BCUT2D eigenvalue weighted by Crippen LogP contribution is 2.16. The van der Waals surface area contributed by atoms with E-state index in [1.165, 1.54) is 12.1 Å². The molecule has 0 fully saturated rings. The van der Waals surface area contributed by atoms with Crippen molar-refractivity contribution in [3.05, 3.63) is 51.0 Å². The Bertz CT molecular complexity index is 570. The van der Waals surface area contributed by atoms with Crippen molar-refractivity contribution in [3.63, 3.8) is 0 Å². The van der Waals surface area contributed by atoms with E-state index in [-0.39, 0.29) is 0 Å². The molecule has 0 saturated heterocycles. The van der Waals surface area contributed by atoms with Crippen LogP contribution in [0.4, 0.5) is 14.6 Å². The van der Waals surface area contributed by atoms with Crippen LogP contribution in [0.2, 0.25) is 0 Å². The maximum Gasteiger partial charge on any atom is 0.143 e. The van der Waals surface area contributed by atoms with Crippen molar-refractivity contribution in [1.82, 2.24) is 9.97 Å². The zero-order chi connectivity index (χ0) is 13.8. The summed E-state index contributed by atoms with van der Waals surface area (Å²) in [6, 6.07) is 3.43. The van der Waals surface area contributed by atoms with Crippen molar-refractivity contribution in [2.24, 2.45) is 0 Å². The molecule has 1 N–H and O–H groups in total. The number of benzene rings is 1. The highest BCUT2D eigenvalue weighted by Gasteiger charge is 2.07. The second kappa shape index (κ2) is 6.23. The third kappa shape index (κ3) is 3.82. The third-order valence-corrected chi connectivity index (χ3v) is 3.21. The molecule has 0 aliphatic rings. The standard InChI is InChI=1S/C13H12F2IN3/c1-2-17-13-11(16)7-18-12(19-13)5-8-3-9(14)6-10(15)4-8/h3-4,6-7H,2,5H2,1H3,(H,17,18,19). The fraction of sp³-hybridized carbons (Fsp3) is 0.231. The van der Waals surface area contributed by atoms with Gasteiger partial charge < -0.3 is 5.32 Å². The summed E-state index contributed by atoms with van der Waals surface area (Å²) in [6.45, 7) is 2.72. The molecular formula is C13H12F2IN3. The van der Waals surface area contributed by atoms with Gasteiger partial charge in [0.05, 0.1) is 3.57 Å². The highest BCUT2D eigenvalue weighted by atomic mass is 127. The van der Waals surface area contributed by atoms with Gasteiger partial charge in [0.1, 0.15) is 23.3 Å². The molecule has 1 aromatic heterocycles. The monoisotopic (exact) mass is 375 g/mol. The van der Waals surface area contributed by atoms with Crippen LogP contribution < -0.4 is 5.32 Å². The van der Waals surface area contributed by atoms with E-state index in [1.807, 2.05) is 6.92 Å². The van der Waals surface area contributed by atoms with E-state index < -0.39 is 11.6 Å². The number of nitrogens with one attached hydrogen (secondary N) is 1. The summed E-state index contributed by atoms with van der Waals surface area (Å²) in [4.78, 5) is 8.51. The summed E-state index contributed by atoms with van der Waals surface area (Å²) in [5, 5.41) is 3.12. The topological polar surface area (TPSA) is 37.8 Å². The van der Waals surface area contributed by atoms with Gasteiger partial charge in [-0.25, -0.2) is 18.7 Å². The second-order valence-corrected chi connectivity index (χ2v) is 5.13. The molecule has 0 unspecified atom stereocenters. The molecule has 19 heavy (non-hydrogen) atoms. The van der Waals surface area contributed by atoms with E-state index >= 15 is 0 Å². The summed E-state index contributed by atoms with van der Waals surface area (Å²) in [5.74, 6) is 0.0891. The van der Waals surface area contributed by atoms with Gasteiger partial charge >= 0.3 is 0 Å². The van der Waals surface area contributed by atoms with Gasteiger partial charge in [0.15, 0.2) is 0 Å². The van der Waals surface area contributed by atoms with E-state index in [4.69, 9.17) is 0 Å². The van der Waals surface area contributed by atoms with Gasteiger partial charge in [0.2, 0.25) is 0 Å². The molecule has 0 amide bonds. The first-order valence-electron chi connectivity index (χ1n) is 5.78. The second-order valence-electron chi connectivity index (χ2n) is 3.97. The third-order valence-electron chi connectivity index (χ3n) is 2.42. The Balaban J connectivity index is 2.25. The number of hydrogen-bond donors (Lipinski definition) is 1. The molecule has 2 rings (SSSR count). The van der Waals surface area contributed by atoms with Gasteiger partial charge in [-0.2, -0.15) is 0 Å². The lowest BCUT2D eigenvalue weighted by molar-refractivity contribution is 0.580. The lowest BCUT2D eigenvalue weighted by Crippen LogP contribution is -2.06. The fourth-order valence-corrected chi connectivity index (χ4v) is 2.13. The van der Waals surface area contributed by atoms with E-state index in [9.17, 15) is 8.78 Å². The van der Waals surface area contributed by atoms with Crippen molar-refractivity contribution < 1.29 is 8.78 Å². The van der Waals surface area contributed by atoms with Crippen molar-refractivity contribution >= 4 is 28.4 Å². The van der Waals surface area contributed by atoms with Crippen LogP contribution in [0.1, 0.15) is 18.3 Å². The molecule has 1 aromatic carbocycles. The minimum atomic E-state index is -0.590. The molecule has 3 nitrogen and oxygen atoms in total. The smallest absolute Gasteiger partial charge is 0.143 e. The largest absolute Gasteiger partial charge is 0.369 e. The average Bonchev–Trinajstić information content (AvgIpc) is 2.32. The average molecular weight is 375 g/mol. The van der Waals surface area contributed by atoms with Crippen LogP contribution in [0.15, 0.2) is 24.4 Å². The Morgan fingerprint density at radius 2 is 1.89 bits per heavy atom. The van der Waals surface area contributed by atoms with Crippen molar-refractivity contribution in [3.8, 4) is 0 Å². The fourth-order valence-electron chi connectivity index (χ4n) is 1.68. The van der Waals surface area contributed by atoms with Crippen LogP contribution >= 0.6 is 22.6 Å². The summed E-state index contributed by atoms with van der Waals surface area (Å²) < 4.78 is 27.1. The lowest BCUT2D eigenvalue weighted by Gasteiger charge is -2.07. The van der Waals surface area contributed by atoms with Crippen molar-refractivity contribution in [2.45, 2.75) is 13.3 Å². The molecule has 0 radical (unpaired) electrons. The van der Waals surface area contributed by atoms with Crippen LogP contribution in [0.25, 0.3) is 0 Å². The van der Waals surface area contributed by atoms with Gasteiger partial charge in [-0.3, -0.25) is 0 Å². The quantitative estimate of drug-likeness (QED) is 0.833. The van der Waals surface area contributed by atoms with Crippen LogP contribution in [0.3, 0.4) is 0 Å². The highest BCUT2D eigenvalue weighted by molar-refractivity contribution is 14.1. The van der Waals surface area contributed by atoms with Crippen LogP contribution in [-0.4, -0.2) is 16.5 Å². The summed E-state index contributed by atoms with van der Waals surface area (Å²) in [5.41, 5.74) is 0.515. The maximum absolute atomic E-state index is 13.1. The molecule has 100 valence electrons. The van der Waals surface area contributed by atoms with E-state index in [2.05, 4.69) is 37.9 Å². The normalized spacial score (nSPS) is 10.5. The molecule has 0 saturated carbocycles. The molecule has 2 aromatic rings. The van der Waals surface area contributed by atoms with Gasteiger partial charge in [-0.15, -0.1) is 0 Å². The molecule has 6 heteroatoms. The lowest BCUT2D eigenvalue weighted by atomic mass is 10.1. The van der Waals surface area contributed by atoms with Gasteiger partial charge in [0.25, 0.3) is 0 Å². The molecule has 0 aliphatic carbocycles. The number of hydrogen-bond acceptors (Lipinski definition) is 3. The number of rotatable bonds is 4. The van der Waals surface area contributed by atoms with E-state index in [1.54, 1.807) is 6.20 Å².